The average molecular weight is 258 g/mol. The van der Waals surface area contributed by atoms with E-state index in [0.29, 0.717) is 31.9 Å². The van der Waals surface area contributed by atoms with Gasteiger partial charge in [0.05, 0.1) is 6.61 Å². The van der Waals surface area contributed by atoms with Crippen LogP contribution in [0.4, 0.5) is 4.79 Å². The molecule has 1 aliphatic rings. The molecule has 0 radical (unpaired) electrons. The summed E-state index contributed by atoms with van der Waals surface area (Å²) in [4.78, 5) is 22.9. The molecule has 1 saturated heterocycles. The number of aliphatic carboxylic acids is 1. The normalized spacial score (nSPS) is 19.6. The molecule has 1 aliphatic heterocycles. The molecule has 6 heteroatoms. The van der Waals surface area contributed by atoms with Crippen molar-refractivity contribution in [3.05, 3.63) is 0 Å². The summed E-state index contributed by atoms with van der Waals surface area (Å²) in [5.41, 5.74) is -1.17. The summed E-state index contributed by atoms with van der Waals surface area (Å²) >= 11 is 0. The van der Waals surface area contributed by atoms with E-state index in [2.05, 4.69) is 10.6 Å². The first kappa shape index (κ1) is 14.8. The molecule has 3 N–H and O–H groups in total. The van der Waals surface area contributed by atoms with Crippen LogP contribution in [0.1, 0.15) is 33.1 Å². The maximum atomic E-state index is 11.7. The van der Waals surface area contributed by atoms with Crippen LogP contribution < -0.4 is 10.6 Å². The number of carboxylic acid groups (broad SMARTS) is 1. The van der Waals surface area contributed by atoms with Gasteiger partial charge in [-0.15, -0.1) is 0 Å². The van der Waals surface area contributed by atoms with Crippen LogP contribution in [-0.2, 0) is 9.53 Å². The van der Waals surface area contributed by atoms with Gasteiger partial charge in [0.25, 0.3) is 0 Å². The van der Waals surface area contributed by atoms with E-state index in [1.807, 2.05) is 0 Å². The topological polar surface area (TPSA) is 87.7 Å². The van der Waals surface area contributed by atoms with Gasteiger partial charge in [-0.3, -0.25) is 0 Å². The van der Waals surface area contributed by atoms with Gasteiger partial charge < -0.3 is 20.5 Å². The molecule has 6 nitrogen and oxygen atoms in total. The minimum absolute atomic E-state index is 0.332. The van der Waals surface area contributed by atoms with Crippen molar-refractivity contribution in [3.63, 3.8) is 0 Å². The molecule has 0 aromatic rings. The lowest BCUT2D eigenvalue weighted by molar-refractivity contribution is -0.144. The minimum Gasteiger partial charge on any atom is -0.480 e. The fraction of sp³-hybridized carbons (Fsp3) is 0.833. The van der Waals surface area contributed by atoms with Crippen molar-refractivity contribution >= 4 is 12.0 Å². The van der Waals surface area contributed by atoms with Crippen molar-refractivity contribution in [2.45, 2.75) is 38.6 Å². The molecule has 0 bridgehead atoms. The fourth-order valence-corrected chi connectivity index (χ4v) is 2.03. The molecule has 0 spiro atoms. The third-order valence-corrected chi connectivity index (χ3v) is 3.54. The number of carboxylic acids is 1. The molecule has 104 valence electrons. The van der Waals surface area contributed by atoms with Gasteiger partial charge in [0, 0.05) is 19.1 Å². The van der Waals surface area contributed by atoms with E-state index in [0.717, 1.165) is 13.0 Å². The highest BCUT2D eigenvalue weighted by Crippen LogP contribution is 2.15. The van der Waals surface area contributed by atoms with Gasteiger partial charge >= 0.3 is 12.0 Å². The largest absolute Gasteiger partial charge is 0.480 e. The second kappa shape index (κ2) is 6.58. The summed E-state index contributed by atoms with van der Waals surface area (Å²) in [5, 5.41) is 14.5. The van der Waals surface area contributed by atoms with Crippen LogP contribution in [0.5, 0.6) is 0 Å². The van der Waals surface area contributed by atoms with Crippen molar-refractivity contribution in [1.82, 2.24) is 10.6 Å². The predicted molar refractivity (Wildman–Crippen MR) is 66.4 cm³/mol. The third kappa shape index (κ3) is 3.60. The second-order valence-electron chi connectivity index (χ2n) is 4.66. The van der Waals surface area contributed by atoms with Crippen LogP contribution in [0.2, 0.25) is 0 Å². The molecule has 1 heterocycles. The molecule has 1 rings (SSSR count). The Morgan fingerprint density at radius 2 is 2.06 bits per heavy atom. The zero-order valence-corrected chi connectivity index (χ0v) is 11.0. The van der Waals surface area contributed by atoms with E-state index >= 15 is 0 Å². The highest BCUT2D eigenvalue weighted by atomic mass is 16.5. The Morgan fingerprint density at radius 1 is 1.39 bits per heavy atom. The van der Waals surface area contributed by atoms with Gasteiger partial charge in [-0.2, -0.15) is 0 Å². The van der Waals surface area contributed by atoms with E-state index in [1.165, 1.54) is 0 Å². The first-order valence-electron chi connectivity index (χ1n) is 6.41. The van der Waals surface area contributed by atoms with Gasteiger partial charge in [0.15, 0.2) is 0 Å². The van der Waals surface area contributed by atoms with Gasteiger partial charge in [0.1, 0.15) is 5.54 Å². The lowest BCUT2D eigenvalue weighted by Gasteiger charge is -2.28. The number of carbonyl (C=O) groups excluding carboxylic acids is 1. The minimum atomic E-state index is -1.17. The van der Waals surface area contributed by atoms with E-state index in [-0.39, 0.29) is 0 Å². The third-order valence-electron chi connectivity index (χ3n) is 3.54. The molecule has 0 aliphatic carbocycles. The number of hydrogen-bond donors (Lipinski definition) is 3. The molecule has 0 aromatic heterocycles. The first-order valence-corrected chi connectivity index (χ1v) is 6.41. The van der Waals surface area contributed by atoms with Gasteiger partial charge in [-0.05, 0) is 19.3 Å². The van der Waals surface area contributed by atoms with Crippen molar-refractivity contribution in [2.24, 2.45) is 5.92 Å². The summed E-state index contributed by atoms with van der Waals surface area (Å²) < 4.78 is 5.21. The number of ether oxygens (including phenoxy) is 1. The molecule has 2 amide bonds. The standard InChI is InChI=1S/C12H22N2O4/c1-3-12(4-2,10(15)16)14-11(17)13-7-9-5-6-18-8-9/h9H,3-8H2,1-2H3,(H,15,16)(H2,13,14,17). The molecular weight excluding hydrogens is 236 g/mol. The van der Waals surface area contributed by atoms with E-state index < -0.39 is 17.5 Å². The highest BCUT2D eigenvalue weighted by molar-refractivity contribution is 5.86. The molecular formula is C12H22N2O4. The number of carbonyl (C=O) groups is 2. The SMILES string of the molecule is CCC(CC)(NC(=O)NCC1CCOC1)C(=O)O. The Morgan fingerprint density at radius 3 is 2.50 bits per heavy atom. The van der Waals surface area contributed by atoms with Crippen LogP contribution in [0.15, 0.2) is 0 Å². The van der Waals surface area contributed by atoms with Crippen LogP contribution in [0.25, 0.3) is 0 Å². The van der Waals surface area contributed by atoms with E-state index in [1.54, 1.807) is 13.8 Å². The van der Waals surface area contributed by atoms with Crippen molar-refractivity contribution in [1.29, 1.82) is 0 Å². The van der Waals surface area contributed by atoms with Crippen LogP contribution >= 0.6 is 0 Å². The Hall–Kier alpha value is -1.30. The summed E-state index contributed by atoms with van der Waals surface area (Å²) in [6.45, 7) is 5.42. The molecule has 0 aromatic carbocycles. The lowest BCUT2D eigenvalue weighted by atomic mass is 9.93. The van der Waals surface area contributed by atoms with Crippen LogP contribution in [-0.4, -0.2) is 42.4 Å². The number of hydrogen-bond acceptors (Lipinski definition) is 3. The number of nitrogens with one attached hydrogen (secondary N) is 2. The molecule has 1 atom stereocenters. The van der Waals surface area contributed by atoms with Crippen molar-refractivity contribution in [3.8, 4) is 0 Å². The Labute approximate surface area is 107 Å². The predicted octanol–water partition coefficient (Wildman–Crippen LogP) is 0.965. The number of urea groups is 1. The van der Waals surface area contributed by atoms with Crippen LogP contribution in [0.3, 0.4) is 0 Å². The molecule has 1 unspecified atom stereocenters. The quantitative estimate of drug-likeness (QED) is 0.662. The van der Waals surface area contributed by atoms with Crippen molar-refractivity contribution < 1.29 is 19.4 Å². The van der Waals surface area contributed by atoms with Crippen LogP contribution in [0, 0.1) is 5.92 Å². The summed E-state index contributed by atoms with van der Waals surface area (Å²) in [6, 6.07) is -0.423. The summed E-state index contributed by atoms with van der Waals surface area (Å²) in [5.74, 6) is -0.662. The monoisotopic (exact) mass is 258 g/mol. The molecule has 1 fully saturated rings. The maximum Gasteiger partial charge on any atom is 0.329 e. The Kier molecular flexibility index (Phi) is 5.40. The first-order chi connectivity index (χ1) is 8.54. The smallest absolute Gasteiger partial charge is 0.329 e. The van der Waals surface area contributed by atoms with Gasteiger partial charge in [-0.25, -0.2) is 9.59 Å². The summed E-state index contributed by atoms with van der Waals surface area (Å²) in [6.07, 6.45) is 1.66. The Bertz CT molecular complexity index is 296. The number of amides is 2. The zero-order valence-electron chi connectivity index (χ0n) is 11.0. The maximum absolute atomic E-state index is 11.7. The highest BCUT2D eigenvalue weighted by Gasteiger charge is 2.36. The van der Waals surface area contributed by atoms with Gasteiger partial charge in [0.2, 0.25) is 0 Å². The second-order valence-corrected chi connectivity index (χ2v) is 4.66. The van der Waals surface area contributed by atoms with Crippen molar-refractivity contribution in [2.75, 3.05) is 19.8 Å². The molecule has 18 heavy (non-hydrogen) atoms. The summed E-state index contributed by atoms with van der Waals surface area (Å²) in [7, 11) is 0. The lowest BCUT2D eigenvalue weighted by Crippen LogP contribution is -2.56. The van der Waals surface area contributed by atoms with Gasteiger partial charge in [-0.1, -0.05) is 13.8 Å². The average Bonchev–Trinajstić information content (AvgIpc) is 2.86. The Balaban J connectivity index is 2.43. The van der Waals surface area contributed by atoms with E-state index in [4.69, 9.17) is 4.74 Å². The fourth-order valence-electron chi connectivity index (χ4n) is 2.03. The zero-order chi connectivity index (χ0) is 13.6. The molecule has 0 saturated carbocycles. The number of rotatable bonds is 6. The van der Waals surface area contributed by atoms with E-state index in [9.17, 15) is 14.7 Å².